The topological polar surface area (TPSA) is 49.9 Å². The third-order valence-electron chi connectivity index (χ3n) is 4.30. The van der Waals surface area contributed by atoms with Gasteiger partial charge in [-0.05, 0) is 38.0 Å². The van der Waals surface area contributed by atoms with Crippen LogP contribution in [0.5, 0.6) is 0 Å². The Morgan fingerprint density at radius 1 is 1.16 bits per heavy atom. The fraction of sp³-hybridized carbons (Fsp3) is 0.857. The molecule has 19 heavy (non-hydrogen) atoms. The molecule has 3 aliphatic rings. The lowest BCUT2D eigenvalue weighted by atomic mass is 9.98. The molecule has 0 spiro atoms. The zero-order chi connectivity index (χ0) is 13.2. The SMILES string of the molecule is O=C1C2CCCCN2C(=O)CN1CCOCC1CC1. The van der Waals surface area contributed by atoms with Crippen molar-refractivity contribution in [2.45, 2.75) is 38.1 Å². The summed E-state index contributed by atoms with van der Waals surface area (Å²) in [5.74, 6) is 0.966. The highest BCUT2D eigenvalue weighted by Crippen LogP contribution is 2.28. The number of carbonyl (C=O) groups is 2. The van der Waals surface area contributed by atoms with Crippen LogP contribution in [0.1, 0.15) is 32.1 Å². The fourth-order valence-electron chi connectivity index (χ4n) is 2.93. The predicted molar refractivity (Wildman–Crippen MR) is 69.5 cm³/mol. The molecule has 1 unspecified atom stereocenters. The summed E-state index contributed by atoms with van der Waals surface area (Å²) in [6, 6.07) is -0.196. The summed E-state index contributed by atoms with van der Waals surface area (Å²) >= 11 is 0. The molecule has 2 heterocycles. The first-order valence-corrected chi connectivity index (χ1v) is 7.41. The second kappa shape index (κ2) is 5.49. The molecule has 0 aromatic carbocycles. The zero-order valence-electron chi connectivity index (χ0n) is 11.3. The van der Waals surface area contributed by atoms with Crippen molar-refractivity contribution in [2.75, 3.05) is 32.8 Å². The van der Waals surface area contributed by atoms with Crippen LogP contribution in [0, 0.1) is 5.92 Å². The van der Waals surface area contributed by atoms with Crippen molar-refractivity contribution >= 4 is 11.8 Å². The summed E-state index contributed by atoms with van der Waals surface area (Å²) in [6.45, 7) is 2.92. The van der Waals surface area contributed by atoms with Gasteiger partial charge in [0.15, 0.2) is 0 Å². The van der Waals surface area contributed by atoms with Crippen LogP contribution in [0.4, 0.5) is 0 Å². The quantitative estimate of drug-likeness (QED) is 0.686. The maximum atomic E-state index is 12.3. The molecule has 2 amide bonds. The number of piperidine rings is 1. The number of hydrogen-bond acceptors (Lipinski definition) is 3. The van der Waals surface area contributed by atoms with E-state index in [-0.39, 0.29) is 24.4 Å². The van der Waals surface area contributed by atoms with E-state index in [2.05, 4.69) is 0 Å². The summed E-state index contributed by atoms with van der Waals surface area (Å²) in [5.41, 5.74) is 0. The van der Waals surface area contributed by atoms with Gasteiger partial charge in [0.1, 0.15) is 6.04 Å². The minimum absolute atomic E-state index is 0.103. The third-order valence-corrected chi connectivity index (χ3v) is 4.30. The molecule has 0 bridgehead atoms. The molecule has 5 nitrogen and oxygen atoms in total. The van der Waals surface area contributed by atoms with Crippen LogP contribution in [0.25, 0.3) is 0 Å². The van der Waals surface area contributed by atoms with Crippen LogP contribution in [0.3, 0.4) is 0 Å². The monoisotopic (exact) mass is 266 g/mol. The van der Waals surface area contributed by atoms with Crippen molar-refractivity contribution in [3.05, 3.63) is 0 Å². The van der Waals surface area contributed by atoms with Crippen molar-refractivity contribution in [3.63, 3.8) is 0 Å². The van der Waals surface area contributed by atoms with Gasteiger partial charge in [0, 0.05) is 19.7 Å². The Labute approximate surface area is 113 Å². The first-order valence-electron chi connectivity index (χ1n) is 7.41. The van der Waals surface area contributed by atoms with Gasteiger partial charge < -0.3 is 14.5 Å². The Balaban J connectivity index is 1.50. The van der Waals surface area contributed by atoms with Crippen molar-refractivity contribution < 1.29 is 14.3 Å². The standard InChI is InChI=1S/C14H22N2O3/c17-13-9-15(7-8-19-10-11-4-5-11)14(18)12-3-1-2-6-16(12)13/h11-12H,1-10H2. The van der Waals surface area contributed by atoms with Gasteiger partial charge in [-0.15, -0.1) is 0 Å². The second-order valence-electron chi connectivity index (χ2n) is 5.88. The van der Waals surface area contributed by atoms with Gasteiger partial charge in [0.25, 0.3) is 0 Å². The van der Waals surface area contributed by atoms with E-state index in [0.717, 1.165) is 38.3 Å². The molecule has 2 saturated heterocycles. The van der Waals surface area contributed by atoms with Crippen molar-refractivity contribution in [1.82, 2.24) is 9.80 Å². The van der Waals surface area contributed by atoms with Crippen LogP contribution >= 0.6 is 0 Å². The van der Waals surface area contributed by atoms with Crippen LogP contribution < -0.4 is 0 Å². The molecular formula is C14H22N2O3. The highest BCUT2D eigenvalue weighted by Gasteiger charge is 2.40. The Kier molecular flexibility index (Phi) is 3.73. The van der Waals surface area contributed by atoms with E-state index in [9.17, 15) is 9.59 Å². The molecule has 1 atom stereocenters. The van der Waals surface area contributed by atoms with E-state index < -0.39 is 0 Å². The summed E-state index contributed by atoms with van der Waals surface area (Å²) in [7, 11) is 0. The molecular weight excluding hydrogens is 244 g/mol. The zero-order valence-corrected chi connectivity index (χ0v) is 11.3. The molecule has 0 aromatic rings. The first kappa shape index (κ1) is 12.9. The summed E-state index contributed by atoms with van der Waals surface area (Å²) in [6.07, 6.45) is 5.45. The number of piperazine rings is 1. The van der Waals surface area contributed by atoms with Crippen molar-refractivity contribution in [1.29, 1.82) is 0 Å². The van der Waals surface area contributed by atoms with Crippen LogP contribution in [0.15, 0.2) is 0 Å². The average molecular weight is 266 g/mol. The number of nitrogens with zero attached hydrogens (tertiary/aromatic N) is 2. The highest BCUT2D eigenvalue weighted by molar-refractivity contribution is 5.95. The van der Waals surface area contributed by atoms with Crippen molar-refractivity contribution in [3.8, 4) is 0 Å². The van der Waals surface area contributed by atoms with Gasteiger partial charge in [-0.25, -0.2) is 0 Å². The molecule has 0 radical (unpaired) electrons. The van der Waals surface area contributed by atoms with Crippen molar-refractivity contribution in [2.24, 2.45) is 5.92 Å². The minimum Gasteiger partial charge on any atom is -0.379 e. The maximum Gasteiger partial charge on any atom is 0.245 e. The summed E-state index contributed by atoms with van der Waals surface area (Å²) < 4.78 is 5.56. The van der Waals surface area contributed by atoms with E-state index in [1.807, 2.05) is 0 Å². The lowest BCUT2D eigenvalue weighted by Gasteiger charge is -2.42. The van der Waals surface area contributed by atoms with Gasteiger partial charge in [-0.3, -0.25) is 9.59 Å². The summed E-state index contributed by atoms with van der Waals surface area (Å²) in [4.78, 5) is 27.8. The third kappa shape index (κ3) is 2.91. The number of carbonyl (C=O) groups excluding carboxylic acids is 2. The predicted octanol–water partition coefficient (Wildman–Crippen LogP) is 0.636. The lowest BCUT2D eigenvalue weighted by molar-refractivity contribution is -0.158. The molecule has 5 heteroatoms. The van der Waals surface area contributed by atoms with Gasteiger partial charge in [-0.1, -0.05) is 0 Å². The second-order valence-corrected chi connectivity index (χ2v) is 5.88. The number of ether oxygens (including phenoxy) is 1. The molecule has 2 aliphatic heterocycles. The van der Waals surface area contributed by atoms with Gasteiger partial charge in [0.05, 0.1) is 13.2 Å². The highest BCUT2D eigenvalue weighted by atomic mass is 16.5. The fourth-order valence-corrected chi connectivity index (χ4v) is 2.93. The maximum absolute atomic E-state index is 12.3. The van der Waals surface area contributed by atoms with E-state index in [4.69, 9.17) is 4.74 Å². The largest absolute Gasteiger partial charge is 0.379 e. The number of hydrogen-bond donors (Lipinski definition) is 0. The lowest BCUT2D eigenvalue weighted by Crippen LogP contribution is -2.61. The van der Waals surface area contributed by atoms with E-state index in [1.54, 1.807) is 9.80 Å². The van der Waals surface area contributed by atoms with Gasteiger partial charge in [0.2, 0.25) is 11.8 Å². The van der Waals surface area contributed by atoms with Gasteiger partial charge in [-0.2, -0.15) is 0 Å². The first-order chi connectivity index (χ1) is 9.25. The Morgan fingerprint density at radius 2 is 2.00 bits per heavy atom. The van der Waals surface area contributed by atoms with Crippen LogP contribution in [0.2, 0.25) is 0 Å². The summed E-state index contributed by atoms with van der Waals surface area (Å²) in [5, 5.41) is 0. The normalized spacial score (nSPS) is 27.7. The van der Waals surface area contributed by atoms with Gasteiger partial charge >= 0.3 is 0 Å². The average Bonchev–Trinajstić information content (AvgIpc) is 3.24. The van der Waals surface area contributed by atoms with E-state index in [1.165, 1.54) is 12.8 Å². The van der Waals surface area contributed by atoms with Crippen LogP contribution in [-0.4, -0.2) is 60.5 Å². The van der Waals surface area contributed by atoms with Crippen LogP contribution in [-0.2, 0) is 14.3 Å². The number of amides is 2. The molecule has 106 valence electrons. The van der Waals surface area contributed by atoms with E-state index >= 15 is 0 Å². The number of rotatable bonds is 5. The smallest absolute Gasteiger partial charge is 0.245 e. The molecule has 1 saturated carbocycles. The molecule has 0 aromatic heterocycles. The number of fused-ring (bicyclic) bond motifs is 1. The Bertz CT molecular complexity index is 368. The Morgan fingerprint density at radius 3 is 2.79 bits per heavy atom. The van der Waals surface area contributed by atoms with E-state index in [0.29, 0.717) is 13.2 Å². The molecule has 3 fully saturated rings. The molecule has 0 N–H and O–H groups in total. The molecule has 1 aliphatic carbocycles. The molecule has 3 rings (SSSR count). The Hall–Kier alpha value is -1.10. The minimum atomic E-state index is -0.196.